The lowest BCUT2D eigenvalue weighted by Crippen LogP contribution is -2.32. The van der Waals surface area contributed by atoms with Gasteiger partial charge >= 0.3 is 17.9 Å². The number of hydrogen-bond donors (Lipinski definition) is 7. The van der Waals surface area contributed by atoms with Gasteiger partial charge < -0.3 is 37.6 Å². The second kappa shape index (κ2) is 13.0. The molecular formula is C12H25N3O7. The van der Waals surface area contributed by atoms with E-state index in [-0.39, 0.29) is 25.8 Å². The van der Waals surface area contributed by atoms with E-state index in [1.54, 1.807) is 0 Å². The first-order valence-corrected chi connectivity index (χ1v) is 6.68. The van der Waals surface area contributed by atoms with Crippen molar-refractivity contribution in [1.29, 1.82) is 0 Å². The van der Waals surface area contributed by atoms with Crippen LogP contribution in [-0.4, -0.2) is 63.1 Å². The Labute approximate surface area is 127 Å². The van der Waals surface area contributed by atoms with E-state index in [2.05, 4.69) is 0 Å². The third kappa shape index (κ3) is 14.7. The smallest absolute Gasteiger partial charge is 0.320 e. The van der Waals surface area contributed by atoms with Gasteiger partial charge in [0.2, 0.25) is 0 Å². The minimum absolute atomic E-state index is 0.0268. The molecule has 0 aliphatic carbocycles. The summed E-state index contributed by atoms with van der Waals surface area (Å²) in [6.07, 6.45) is 0.448. The van der Waals surface area contributed by atoms with Crippen LogP contribution in [0.5, 0.6) is 0 Å². The van der Waals surface area contributed by atoms with Crippen molar-refractivity contribution in [2.45, 2.75) is 50.3 Å². The van der Waals surface area contributed by atoms with Crippen LogP contribution in [0.25, 0.3) is 0 Å². The van der Waals surface area contributed by atoms with Gasteiger partial charge in [-0.15, -0.1) is 0 Å². The Balaban J connectivity index is 0. The Morgan fingerprint density at radius 3 is 1.68 bits per heavy atom. The number of carbonyl (C=O) groups is 3. The monoisotopic (exact) mass is 323 g/mol. The molecule has 0 amide bonds. The summed E-state index contributed by atoms with van der Waals surface area (Å²) in [5, 5.41) is 33.7. The maximum atomic E-state index is 10.2. The summed E-state index contributed by atoms with van der Waals surface area (Å²) >= 11 is 0. The number of aliphatic hydroxyl groups excluding tert-OH is 1. The zero-order valence-corrected chi connectivity index (χ0v) is 12.2. The maximum Gasteiger partial charge on any atom is 0.320 e. The van der Waals surface area contributed by atoms with Gasteiger partial charge in [-0.2, -0.15) is 0 Å². The van der Waals surface area contributed by atoms with Crippen molar-refractivity contribution < 1.29 is 34.8 Å². The molecule has 10 heteroatoms. The van der Waals surface area contributed by atoms with E-state index < -0.39 is 36.1 Å². The summed E-state index contributed by atoms with van der Waals surface area (Å²) in [5.41, 5.74) is 15.4. The first-order valence-electron chi connectivity index (χ1n) is 6.68. The van der Waals surface area contributed by atoms with Crippen LogP contribution < -0.4 is 17.2 Å². The summed E-state index contributed by atoms with van der Waals surface area (Å²) in [7, 11) is 0. The number of carboxylic acids is 3. The second-order valence-corrected chi connectivity index (χ2v) is 4.64. The van der Waals surface area contributed by atoms with Gasteiger partial charge in [0.25, 0.3) is 0 Å². The molecule has 0 aliphatic rings. The molecule has 22 heavy (non-hydrogen) atoms. The van der Waals surface area contributed by atoms with E-state index in [1.807, 2.05) is 0 Å². The van der Waals surface area contributed by atoms with Crippen molar-refractivity contribution in [2.24, 2.45) is 17.2 Å². The van der Waals surface area contributed by atoms with E-state index in [1.165, 1.54) is 0 Å². The normalized spacial score (nSPS) is 14.2. The first-order chi connectivity index (χ1) is 10.1. The van der Waals surface area contributed by atoms with Crippen LogP contribution in [0.2, 0.25) is 0 Å². The van der Waals surface area contributed by atoms with Gasteiger partial charge in [0.1, 0.15) is 12.1 Å². The zero-order chi connectivity index (χ0) is 17.7. The molecule has 0 heterocycles. The molecule has 130 valence electrons. The standard InChI is InChI=1S/C6H14N2O3.C6H11NO4/c7-3-4(9)1-2-5(8)6(10)11;7-4(6(10)11)2-1-3-5(8)9/h4-5,9H,1-3,7-8H2,(H,10,11);4H,1-3,7H2,(H,8,9)(H,10,11)/t4-,5+;/m1./s1. The highest BCUT2D eigenvalue weighted by Gasteiger charge is 2.12. The Morgan fingerprint density at radius 1 is 0.864 bits per heavy atom. The average Bonchev–Trinajstić information content (AvgIpc) is 2.44. The van der Waals surface area contributed by atoms with Crippen molar-refractivity contribution in [1.82, 2.24) is 0 Å². The molecule has 0 aromatic rings. The van der Waals surface area contributed by atoms with Crippen molar-refractivity contribution in [2.75, 3.05) is 6.54 Å². The molecule has 0 aromatic heterocycles. The lowest BCUT2D eigenvalue weighted by molar-refractivity contribution is -0.140. The molecule has 0 rings (SSSR count). The van der Waals surface area contributed by atoms with Gasteiger partial charge in [0, 0.05) is 13.0 Å². The Kier molecular flexibility index (Phi) is 13.3. The largest absolute Gasteiger partial charge is 0.481 e. The van der Waals surface area contributed by atoms with Gasteiger partial charge in [0.05, 0.1) is 6.10 Å². The third-order valence-corrected chi connectivity index (χ3v) is 2.62. The summed E-state index contributed by atoms with van der Waals surface area (Å²) in [5.74, 6) is -3.06. The molecule has 3 atom stereocenters. The molecule has 0 aromatic carbocycles. The van der Waals surface area contributed by atoms with Crippen LogP contribution in [0.4, 0.5) is 0 Å². The number of rotatable bonds is 10. The highest BCUT2D eigenvalue weighted by molar-refractivity contribution is 5.73. The lowest BCUT2D eigenvalue weighted by Gasteiger charge is -2.09. The molecule has 0 saturated carbocycles. The van der Waals surface area contributed by atoms with Crippen molar-refractivity contribution >= 4 is 17.9 Å². The van der Waals surface area contributed by atoms with Crippen LogP contribution in [-0.2, 0) is 14.4 Å². The molecule has 0 saturated heterocycles. The molecular weight excluding hydrogens is 298 g/mol. The van der Waals surface area contributed by atoms with Gasteiger partial charge in [0.15, 0.2) is 0 Å². The van der Waals surface area contributed by atoms with Gasteiger partial charge in [-0.05, 0) is 25.7 Å². The molecule has 0 spiro atoms. The molecule has 1 unspecified atom stereocenters. The number of hydrogen-bond acceptors (Lipinski definition) is 7. The van der Waals surface area contributed by atoms with Crippen molar-refractivity contribution in [3.8, 4) is 0 Å². The Bertz CT molecular complexity index is 352. The number of carboxylic acid groups (broad SMARTS) is 3. The number of aliphatic carboxylic acids is 3. The van der Waals surface area contributed by atoms with Crippen LogP contribution in [0.3, 0.4) is 0 Å². The van der Waals surface area contributed by atoms with E-state index in [4.69, 9.17) is 37.6 Å². The molecule has 0 bridgehead atoms. The fraction of sp³-hybridized carbons (Fsp3) is 0.750. The highest BCUT2D eigenvalue weighted by atomic mass is 16.4. The quantitative estimate of drug-likeness (QED) is 0.238. The summed E-state index contributed by atoms with van der Waals surface area (Å²) < 4.78 is 0. The predicted octanol–water partition coefficient (Wildman–Crippen LogP) is -1.85. The van der Waals surface area contributed by atoms with Gasteiger partial charge in [-0.1, -0.05) is 0 Å². The third-order valence-electron chi connectivity index (χ3n) is 2.62. The van der Waals surface area contributed by atoms with Crippen LogP contribution in [0, 0.1) is 0 Å². The van der Waals surface area contributed by atoms with E-state index in [0.29, 0.717) is 12.8 Å². The second-order valence-electron chi connectivity index (χ2n) is 4.64. The fourth-order valence-electron chi connectivity index (χ4n) is 1.21. The van der Waals surface area contributed by atoms with Crippen LogP contribution in [0.1, 0.15) is 32.1 Å². The SMILES string of the molecule is NC(CCCC(=O)O)C(=O)O.NC[C@H](O)CC[C@H](N)C(=O)O. The van der Waals surface area contributed by atoms with Crippen LogP contribution in [0.15, 0.2) is 0 Å². The van der Waals surface area contributed by atoms with Gasteiger partial charge in [-0.3, -0.25) is 14.4 Å². The molecule has 10 N–H and O–H groups in total. The molecule has 10 nitrogen and oxygen atoms in total. The fourth-order valence-corrected chi connectivity index (χ4v) is 1.21. The Hall–Kier alpha value is -1.75. The number of nitrogens with two attached hydrogens (primary N) is 3. The predicted molar refractivity (Wildman–Crippen MR) is 77.0 cm³/mol. The highest BCUT2D eigenvalue weighted by Crippen LogP contribution is 1.99. The summed E-state index contributed by atoms with van der Waals surface area (Å²) in [4.78, 5) is 30.2. The molecule has 0 aliphatic heterocycles. The average molecular weight is 323 g/mol. The minimum Gasteiger partial charge on any atom is -0.481 e. The van der Waals surface area contributed by atoms with Gasteiger partial charge in [-0.25, -0.2) is 0 Å². The van der Waals surface area contributed by atoms with Crippen molar-refractivity contribution in [3.63, 3.8) is 0 Å². The summed E-state index contributed by atoms with van der Waals surface area (Å²) in [6, 6.07) is -1.83. The number of aliphatic hydroxyl groups is 1. The van der Waals surface area contributed by atoms with Crippen molar-refractivity contribution in [3.05, 3.63) is 0 Å². The van der Waals surface area contributed by atoms with E-state index >= 15 is 0 Å². The lowest BCUT2D eigenvalue weighted by atomic mass is 10.1. The molecule has 0 fully saturated rings. The van der Waals surface area contributed by atoms with Crippen LogP contribution >= 0.6 is 0 Å². The zero-order valence-electron chi connectivity index (χ0n) is 12.2. The first kappa shape index (κ1) is 22.5. The Morgan fingerprint density at radius 2 is 1.32 bits per heavy atom. The topological polar surface area (TPSA) is 210 Å². The molecule has 0 radical (unpaired) electrons. The minimum atomic E-state index is -1.09. The maximum absolute atomic E-state index is 10.2. The summed E-state index contributed by atoms with van der Waals surface area (Å²) in [6.45, 7) is 0.145. The van der Waals surface area contributed by atoms with E-state index in [9.17, 15) is 14.4 Å². The van der Waals surface area contributed by atoms with E-state index in [0.717, 1.165) is 0 Å².